The summed E-state index contributed by atoms with van der Waals surface area (Å²) >= 11 is 0. The minimum Gasteiger partial charge on any atom is -0.465 e. The first-order valence-electron chi connectivity index (χ1n) is 8.08. The van der Waals surface area contributed by atoms with Crippen molar-refractivity contribution in [3.63, 3.8) is 0 Å². The number of rotatable bonds is 7. The van der Waals surface area contributed by atoms with E-state index in [1.165, 1.54) is 0 Å². The second-order valence-corrected chi connectivity index (χ2v) is 7.20. The molecule has 2 rings (SSSR count). The number of halogens is 3. The Morgan fingerprint density at radius 2 is 1.44 bits per heavy atom. The first kappa shape index (κ1) is 24.4. The van der Waals surface area contributed by atoms with Crippen molar-refractivity contribution >= 4 is 27.7 Å². The normalized spacial score (nSPS) is 11.4. The zero-order chi connectivity index (χ0) is 24.3. The highest BCUT2D eigenvalue weighted by Gasteiger charge is 2.49. The smallest absolute Gasteiger partial charge is 0.465 e. The van der Waals surface area contributed by atoms with Crippen molar-refractivity contribution in [2.45, 2.75) is 5.51 Å². The molecule has 0 bridgehead atoms. The molecular formula is C17H12F3NO10S. The summed E-state index contributed by atoms with van der Waals surface area (Å²) in [5.41, 5.74) is -7.52. The van der Waals surface area contributed by atoms with Gasteiger partial charge in [-0.3, -0.25) is 10.1 Å². The topological polar surface area (TPSA) is 148 Å². The van der Waals surface area contributed by atoms with Gasteiger partial charge in [0.05, 0.1) is 19.1 Å². The van der Waals surface area contributed by atoms with Crippen LogP contribution in [0.2, 0.25) is 0 Å². The Balaban J connectivity index is 2.47. The van der Waals surface area contributed by atoms with Crippen molar-refractivity contribution in [3.05, 3.63) is 57.6 Å². The number of ether oxygens (including phenoxy) is 3. The van der Waals surface area contributed by atoms with Crippen LogP contribution in [0.1, 0.15) is 20.7 Å². The van der Waals surface area contributed by atoms with Gasteiger partial charge in [0.25, 0.3) is 5.69 Å². The van der Waals surface area contributed by atoms with Gasteiger partial charge in [-0.05, 0) is 24.3 Å². The maximum absolute atomic E-state index is 12.6. The van der Waals surface area contributed by atoms with Gasteiger partial charge in [0, 0.05) is 12.1 Å². The number of nitro benzene ring substituents is 1. The predicted octanol–water partition coefficient (Wildman–Crippen LogP) is 3.19. The molecule has 0 N–H and O–H groups in total. The summed E-state index contributed by atoms with van der Waals surface area (Å²) in [7, 11) is -4.20. The summed E-state index contributed by atoms with van der Waals surface area (Å²) in [5, 5.41) is 11.0. The Labute approximate surface area is 177 Å². The Kier molecular flexibility index (Phi) is 6.93. The molecule has 11 nitrogen and oxygen atoms in total. The summed E-state index contributed by atoms with van der Waals surface area (Å²) in [4.78, 5) is 33.9. The van der Waals surface area contributed by atoms with Crippen LogP contribution >= 0.6 is 0 Å². The monoisotopic (exact) mass is 479 g/mol. The molecule has 0 fully saturated rings. The quantitative estimate of drug-likeness (QED) is 0.191. The lowest BCUT2D eigenvalue weighted by Crippen LogP contribution is -2.28. The van der Waals surface area contributed by atoms with Crippen LogP contribution in [0.5, 0.6) is 17.2 Å². The number of nitrogens with zero attached hydrogens (tertiary/aromatic N) is 1. The molecule has 2 aromatic rings. The Morgan fingerprint density at radius 3 is 1.94 bits per heavy atom. The summed E-state index contributed by atoms with van der Waals surface area (Å²) in [6.07, 6.45) is 0. The number of methoxy groups -OCH3 is 2. The third-order valence-corrected chi connectivity index (χ3v) is 4.61. The number of alkyl halides is 3. The minimum atomic E-state index is -6.08. The lowest BCUT2D eigenvalue weighted by molar-refractivity contribution is -0.385. The highest BCUT2D eigenvalue weighted by molar-refractivity contribution is 7.88. The van der Waals surface area contributed by atoms with E-state index in [2.05, 4.69) is 13.7 Å². The van der Waals surface area contributed by atoms with Gasteiger partial charge < -0.3 is 18.4 Å². The van der Waals surface area contributed by atoms with Crippen LogP contribution in [-0.2, 0) is 19.6 Å². The summed E-state index contributed by atoms with van der Waals surface area (Å²) in [6, 6.07) is 5.47. The van der Waals surface area contributed by atoms with E-state index in [0.717, 1.165) is 44.6 Å². The highest BCUT2D eigenvalue weighted by atomic mass is 32.2. The molecule has 172 valence electrons. The average molecular weight is 479 g/mol. The van der Waals surface area contributed by atoms with Crippen molar-refractivity contribution in [1.82, 2.24) is 0 Å². The van der Waals surface area contributed by atoms with Crippen LogP contribution in [0, 0.1) is 10.1 Å². The van der Waals surface area contributed by atoms with Gasteiger partial charge in [0.2, 0.25) is 0 Å². The molecule has 0 spiro atoms. The van der Waals surface area contributed by atoms with Crippen LogP contribution in [0.15, 0.2) is 36.4 Å². The van der Waals surface area contributed by atoms with Gasteiger partial charge >= 0.3 is 27.6 Å². The Hall–Kier alpha value is -3.88. The molecule has 0 aliphatic carbocycles. The Morgan fingerprint density at radius 1 is 0.938 bits per heavy atom. The van der Waals surface area contributed by atoms with E-state index in [1.54, 1.807) is 0 Å². The zero-order valence-corrected chi connectivity index (χ0v) is 16.9. The van der Waals surface area contributed by atoms with Gasteiger partial charge in [-0.25, -0.2) is 9.59 Å². The molecule has 0 aliphatic heterocycles. The summed E-state index contributed by atoms with van der Waals surface area (Å²) in [6.45, 7) is 0. The largest absolute Gasteiger partial charge is 0.534 e. The SMILES string of the molecule is COC(=O)c1cc(Oc2ccc([N+](=O)[O-])c(C(=O)OC)c2)ccc1OS(=O)(=O)C(F)(F)F. The molecule has 0 saturated heterocycles. The predicted molar refractivity (Wildman–Crippen MR) is 97.9 cm³/mol. The summed E-state index contributed by atoms with van der Waals surface area (Å²) in [5.74, 6) is -3.66. The molecule has 0 amide bonds. The first-order valence-corrected chi connectivity index (χ1v) is 9.49. The molecule has 0 radical (unpaired) electrons. The molecule has 0 saturated carbocycles. The number of hydrogen-bond donors (Lipinski definition) is 0. The number of nitro groups is 1. The number of benzene rings is 2. The summed E-state index contributed by atoms with van der Waals surface area (Å²) < 4.78 is 78.5. The third kappa shape index (κ3) is 5.23. The van der Waals surface area contributed by atoms with Crippen molar-refractivity contribution in [3.8, 4) is 17.2 Å². The van der Waals surface area contributed by atoms with E-state index >= 15 is 0 Å². The number of carbonyl (C=O) groups is 2. The lowest BCUT2D eigenvalue weighted by atomic mass is 10.1. The van der Waals surface area contributed by atoms with E-state index in [1.807, 2.05) is 0 Å². The van der Waals surface area contributed by atoms with Crippen LogP contribution < -0.4 is 8.92 Å². The molecular weight excluding hydrogens is 467 g/mol. The maximum atomic E-state index is 12.6. The minimum absolute atomic E-state index is 0.150. The van der Waals surface area contributed by atoms with Crippen LogP contribution in [-0.4, -0.2) is 45.0 Å². The second kappa shape index (κ2) is 9.09. The maximum Gasteiger partial charge on any atom is 0.534 e. The van der Waals surface area contributed by atoms with E-state index in [-0.39, 0.29) is 11.5 Å². The van der Waals surface area contributed by atoms with Gasteiger partial charge in [-0.1, -0.05) is 0 Å². The van der Waals surface area contributed by atoms with Crippen molar-refractivity contribution in [1.29, 1.82) is 0 Å². The first-order chi connectivity index (χ1) is 14.8. The zero-order valence-electron chi connectivity index (χ0n) is 16.0. The molecule has 2 aromatic carbocycles. The average Bonchev–Trinajstić information content (AvgIpc) is 2.72. The standard InChI is InChI=1S/C17H12F3NO10S/c1-28-15(22)11-7-9(3-5-13(11)21(24)25)30-10-4-6-14(12(8-10)16(23)29-2)31-32(26,27)17(18,19)20/h3-8H,1-2H3. The second-order valence-electron chi connectivity index (χ2n) is 5.66. The van der Waals surface area contributed by atoms with Gasteiger partial charge in [-0.2, -0.15) is 21.6 Å². The third-order valence-electron chi connectivity index (χ3n) is 3.65. The molecule has 32 heavy (non-hydrogen) atoms. The van der Waals surface area contributed by atoms with E-state index in [9.17, 15) is 41.3 Å². The molecule has 0 heterocycles. The number of carbonyl (C=O) groups excluding carboxylic acids is 2. The van der Waals surface area contributed by atoms with E-state index in [4.69, 9.17) is 4.74 Å². The van der Waals surface area contributed by atoms with Gasteiger partial charge in [0.1, 0.15) is 22.6 Å². The number of hydrogen-bond acceptors (Lipinski definition) is 10. The van der Waals surface area contributed by atoms with Crippen molar-refractivity contribution in [2.24, 2.45) is 0 Å². The fraction of sp³-hybridized carbons (Fsp3) is 0.176. The molecule has 0 atom stereocenters. The highest BCUT2D eigenvalue weighted by Crippen LogP contribution is 2.34. The van der Waals surface area contributed by atoms with Gasteiger partial charge in [0.15, 0.2) is 5.75 Å². The fourth-order valence-corrected chi connectivity index (χ4v) is 2.70. The van der Waals surface area contributed by atoms with E-state index < -0.39 is 55.1 Å². The van der Waals surface area contributed by atoms with Crippen LogP contribution in [0.3, 0.4) is 0 Å². The molecule has 15 heteroatoms. The van der Waals surface area contributed by atoms with Crippen LogP contribution in [0.4, 0.5) is 18.9 Å². The molecule has 0 aromatic heterocycles. The molecule has 0 aliphatic rings. The van der Waals surface area contributed by atoms with Crippen LogP contribution in [0.25, 0.3) is 0 Å². The Bertz CT molecular complexity index is 1180. The van der Waals surface area contributed by atoms with Gasteiger partial charge in [-0.15, -0.1) is 0 Å². The molecule has 0 unspecified atom stereocenters. The van der Waals surface area contributed by atoms with E-state index in [0.29, 0.717) is 6.07 Å². The van der Waals surface area contributed by atoms with Crippen molar-refractivity contribution in [2.75, 3.05) is 14.2 Å². The van der Waals surface area contributed by atoms with Crippen molar-refractivity contribution < 1.29 is 54.5 Å². The number of esters is 2. The lowest BCUT2D eigenvalue weighted by Gasteiger charge is -2.14. The fourth-order valence-electron chi connectivity index (χ4n) is 2.23.